The predicted octanol–water partition coefficient (Wildman–Crippen LogP) is 1.98. The van der Waals surface area contributed by atoms with Crippen molar-refractivity contribution in [3.63, 3.8) is 0 Å². The first kappa shape index (κ1) is 10.4. The van der Waals surface area contributed by atoms with E-state index in [1.807, 2.05) is 18.2 Å². The number of nitrogen functional groups attached to an aromatic ring is 1. The molecule has 1 aliphatic heterocycles. The fraction of sp³-hybridized carbons (Fsp3) is 0.308. The van der Waals surface area contributed by atoms with Gasteiger partial charge in [-0.15, -0.1) is 0 Å². The van der Waals surface area contributed by atoms with Crippen molar-refractivity contribution in [2.75, 3.05) is 18.9 Å². The Kier molecular flexibility index (Phi) is 2.57. The second kappa shape index (κ2) is 4.22. The van der Waals surface area contributed by atoms with Crippen LogP contribution in [0.4, 0.5) is 5.69 Å². The van der Waals surface area contributed by atoms with E-state index < -0.39 is 0 Å². The quantitative estimate of drug-likeness (QED) is 0.801. The molecule has 4 nitrogen and oxygen atoms in total. The number of rotatable bonds is 2. The van der Waals surface area contributed by atoms with Crippen molar-refractivity contribution in [1.29, 1.82) is 0 Å². The highest BCUT2D eigenvalue weighted by Crippen LogP contribution is 2.30. The first-order valence-electron chi connectivity index (χ1n) is 5.71. The zero-order valence-corrected chi connectivity index (χ0v) is 9.43. The van der Waals surface area contributed by atoms with Gasteiger partial charge in [0.25, 0.3) is 0 Å². The molecule has 1 saturated heterocycles. The van der Waals surface area contributed by atoms with Crippen molar-refractivity contribution in [1.82, 2.24) is 4.98 Å². The molecule has 0 spiro atoms. The number of nitrogens with two attached hydrogens (primary N) is 1. The molecule has 2 N–H and O–H groups in total. The molecular weight excluding hydrogens is 216 g/mol. The molecule has 17 heavy (non-hydrogen) atoms. The summed E-state index contributed by atoms with van der Waals surface area (Å²) in [5.41, 5.74) is 6.67. The summed E-state index contributed by atoms with van der Waals surface area (Å²) in [5.74, 6) is 0.831. The van der Waals surface area contributed by atoms with Crippen LogP contribution in [0.3, 0.4) is 0 Å². The van der Waals surface area contributed by atoms with Crippen LogP contribution in [-0.4, -0.2) is 24.3 Å². The van der Waals surface area contributed by atoms with Crippen LogP contribution in [0.25, 0.3) is 10.8 Å². The number of hydrogen-bond acceptors (Lipinski definition) is 4. The zero-order valence-electron chi connectivity index (χ0n) is 9.43. The van der Waals surface area contributed by atoms with Gasteiger partial charge in [-0.1, -0.05) is 0 Å². The third-order valence-electron chi connectivity index (χ3n) is 2.99. The van der Waals surface area contributed by atoms with Gasteiger partial charge >= 0.3 is 0 Å². The Labute approximate surface area is 99.4 Å². The largest absolute Gasteiger partial charge is 0.487 e. The Balaban J connectivity index is 2.01. The number of ether oxygens (including phenoxy) is 2. The van der Waals surface area contributed by atoms with Crippen molar-refractivity contribution >= 4 is 16.5 Å². The number of pyridine rings is 1. The van der Waals surface area contributed by atoms with E-state index in [2.05, 4.69) is 4.98 Å². The van der Waals surface area contributed by atoms with Crippen LogP contribution < -0.4 is 10.5 Å². The zero-order chi connectivity index (χ0) is 11.7. The molecular formula is C13H14N2O2. The van der Waals surface area contributed by atoms with Gasteiger partial charge in [0, 0.05) is 35.3 Å². The first-order valence-corrected chi connectivity index (χ1v) is 5.71. The lowest BCUT2D eigenvalue weighted by molar-refractivity contribution is 0.142. The van der Waals surface area contributed by atoms with Crippen LogP contribution in [0.1, 0.15) is 6.42 Å². The lowest BCUT2D eigenvalue weighted by Crippen LogP contribution is -2.15. The second-order valence-electron chi connectivity index (χ2n) is 4.18. The lowest BCUT2D eigenvalue weighted by atomic mass is 10.1. The van der Waals surface area contributed by atoms with Gasteiger partial charge in [0.2, 0.25) is 0 Å². The van der Waals surface area contributed by atoms with E-state index in [0.29, 0.717) is 6.61 Å². The molecule has 2 aromatic rings. The van der Waals surface area contributed by atoms with Gasteiger partial charge in [0.15, 0.2) is 0 Å². The summed E-state index contributed by atoms with van der Waals surface area (Å²) in [4.78, 5) is 4.12. The number of fused-ring (bicyclic) bond motifs is 1. The molecule has 0 aliphatic carbocycles. The Morgan fingerprint density at radius 1 is 1.29 bits per heavy atom. The minimum absolute atomic E-state index is 0.141. The fourth-order valence-electron chi connectivity index (χ4n) is 2.08. The molecule has 4 heteroatoms. The molecule has 1 atom stereocenters. The highest BCUT2D eigenvalue weighted by molar-refractivity contribution is 5.96. The molecule has 1 fully saturated rings. The molecule has 1 aromatic carbocycles. The Hall–Kier alpha value is -1.81. The van der Waals surface area contributed by atoms with Crippen LogP contribution >= 0.6 is 0 Å². The van der Waals surface area contributed by atoms with Gasteiger partial charge in [-0.2, -0.15) is 0 Å². The molecule has 1 aliphatic rings. The minimum Gasteiger partial charge on any atom is -0.487 e. The average molecular weight is 230 g/mol. The van der Waals surface area contributed by atoms with Crippen LogP contribution in [0.5, 0.6) is 5.75 Å². The van der Waals surface area contributed by atoms with Crippen molar-refractivity contribution in [3.05, 3.63) is 30.6 Å². The van der Waals surface area contributed by atoms with Crippen molar-refractivity contribution in [3.8, 4) is 5.75 Å². The highest BCUT2D eigenvalue weighted by Gasteiger charge is 2.18. The Bertz CT molecular complexity index is 536. The van der Waals surface area contributed by atoms with Crippen molar-refractivity contribution in [2.24, 2.45) is 0 Å². The van der Waals surface area contributed by atoms with Gasteiger partial charge in [-0.05, 0) is 18.2 Å². The topological polar surface area (TPSA) is 57.4 Å². The Morgan fingerprint density at radius 3 is 3.06 bits per heavy atom. The summed E-state index contributed by atoms with van der Waals surface area (Å²) in [5, 5.41) is 1.94. The fourth-order valence-corrected chi connectivity index (χ4v) is 2.08. The molecule has 0 saturated carbocycles. The summed E-state index contributed by atoms with van der Waals surface area (Å²) >= 11 is 0. The average Bonchev–Trinajstić information content (AvgIpc) is 2.86. The normalized spacial score (nSPS) is 19.6. The molecule has 0 radical (unpaired) electrons. The molecule has 0 amide bonds. The van der Waals surface area contributed by atoms with E-state index in [-0.39, 0.29) is 6.10 Å². The molecule has 2 heterocycles. The van der Waals surface area contributed by atoms with Gasteiger partial charge in [0.1, 0.15) is 11.9 Å². The van der Waals surface area contributed by atoms with Gasteiger partial charge < -0.3 is 15.2 Å². The summed E-state index contributed by atoms with van der Waals surface area (Å²) in [6, 6.07) is 5.67. The van der Waals surface area contributed by atoms with E-state index in [4.69, 9.17) is 15.2 Å². The monoisotopic (exact) mass is 230 g/mol. The van der Waals surface area contributed by atoms with E-state index >= 15 is 0 Å². The summed E-state index contributed by atoms with van der Waals surface area (Å²) in [6.07, 6.45) is 4.60. The van der Waals surface area contributed by atoms with Crippen LogP contribution in [0.2, 0.25) is 0 Å². The van der Waals surface area contributed by atoms with Gasteiger partial charge in [0.05, 0.1) is 13.2 Å². The van der Waals surface area contributed by atoms with E-state index in [1.165, 1.54) is 0 Å². The molecule has 1 aromatic heterocycles. The molecule has 1 unspecified atom stereocenters. The summed E-state index contributed by atoms with van der Waals surface area (Å²) in [6.45, 7) is 1.43. The SMILES string of the molecule is Nc1ccc(OC2CCOC2)c2cnccc12. The van der Waals surface area contributed by atoms with Gasteiger partial charge in [-0.25, -0.2) is 0 Å². The molecule has 3 rings (SSSR count). The summed E-state index contributed by atoms with van der Waals surface area (Å²) in [7, 11) is 0. The van der Waals surface area contributed by atoms with E-state index in [0.717, 1.165) is 35.2 Å². The van der Waals surface area contributed by atoms with Crippen molar-refractivity contribution < 1.29 is 9.47 Å². The smallest absolute Gasteiger partial charge is 0.129 e. The number of hydrogen-bond donors (Lipinski definition) is 1. The standard InChI is InChI=1S/C13H14N2O2/c14-12-1-2-13(17-9-4-6-16-8-9)11-7-15-5-3-10(11)12/h1-3,5,7,9H,4,6,8,14H2. The second-order valence-corrected chi connectivity index (χ2v) is 4.18. The molecule has 88 valence electrons. The number of nitrogens with zero attached hydrogens (tertiary/aromatic N) is 1. The lowest BCUT2D eigenvalue weighted by Gasteiger charge is -2.14. The van der Waals surface area contributed by atoms with E-state index in [1.54, 1.807) is 12.4 Å². The van der Waals surface area contributed by atoms with Crippen LogP contribution in [0, 0.1) is 0 Å². The number of benzene rings is 1. The third kappa shape index (κ3) is 1.91. The molecule has 0 bridgehead atoms. The number of anilines is 1. The van der Waals surface area contributed by atoms with Crippen molar-refractivity contribution in [2.45, 2.75) is 12.5 Å². The first-order chi connectivity index (χ1) is 8.34. The maximum absolute atomic E-state index is 5.93. The maximum Gasteiger partial charge on any atom is 0.129 e. The highest BCUT2D eigenvalue weighted by atomic mass is 16.5. The van der Waals surface area contributed by atoms with E-state index in [9.17, 15) is 0 Å². The van der Waals surface area contributed by atoms with Crippen LogP contribution in [-0.2, 0) is 4.74 Å². The maximum atomic E-state index is 5.93. The van der Waals surface area contributed by atoms with Crippen LogP contribution in [0.15, 0.2) is 30.6 Å². The van der Waals surface area contributed by atoms with Gasteiger partial charge in [-0.3, -0.25) is 4.98 Å². The summed E-state index contributed by atoms with van der Waals surface area (Å²) < 4.78 is 11.2. The minimum atomic E-state index is 0.141. The third-order valence-corrected chi connectivity index (χ3v) is 2.99. The number of aromatic nitrogens is 1. The Morgan fingerprint density at radius 2 is 2.24 bits per heavy atom. The predicted molar refractivity (Wildman–Crippen MR) is 66.0 cm³/mol.